The summed E-state index contributed by atoms with van der Waals surface area (Å²) in [6.07, 6.45) is 3.24. The first kappa shape index (κ1) is 24.7. The Bertz CT molecular complexity index is 1290. The van der Waals surface area contributed by atoms with Crippen LogP contribution in [0, 0.1) is 5.82 Å². The highest BCUT2D eigenvalue weighted by Crippen LogP contribution is 2.27. The van der Waals surface area contributed by atoms with Crippen LogP contribution >= 0.6 is 0 Å². The van der Waals surface area contributed by atoms with Gasteiger partial charge in [-0.1, -0.05) is 18.2 Å². The molecule has 0 spiro atoms. The monoisotopic (exact) mass is 496 g/mol. The van der Waals surface area contributed by atoms with Crippen molar-refractivity contribution >= 4 is 21.6 Å². The zero-order valence-electron chi connectivity index (χ0n) is 19.8. The number of anilines is 1. The lowest BCUT2D eigenvalue weighted by atomic mass is 10.0. The molecule has 1 aliphatic carbocycles. The Morgan fingerprint density at radius 1 is 1.03 bits per heavy atom. The van der Waals surface area contributed by atoms with Gasteiger partial charge < -0.3 is 10.1 Å². The number of amides is 1. The number of fused-ring (bicyclic) bond motifs is 1. The molecule has 0 unspecified atom stereocenters. The summed E-state index contributed by atoms with van der Waals surface area (Å²) in [6, 6.07) is 16.9. The van der Waals surface area contributed by atoms with Gasteiger partial charge >= 0.3 is 0 Å². The van der Waals surface area contributed by atoms with Crippen molar-refractivity contribution in [2.24, 2.45) is 0 Å². The number of hydrogen-bond acceptors (Lipinski definition) is 4. The molecule has 1 aliphatic rings. The number of carbonyl (C=O) groups excluding carboxylic acids is 1. The number of nitrogens with one attached hydrogen (secondary N) is 1. The van der Waals surface area contributed by atoms with Crippen molar-refractivity contribution in [3.8, 4) is 5.75 Å². The highest BCUT2D eigenvalue weighted by molar-refractivity contribution is 7.92. The fourth-order valence-corrected chi connectivity index (χ4v) is 5.71. The van der Waals surface area contributed by atoms with Crippen LogP contribution in [-0.2, 0) is 27.7 Å². The molecule has 0 aliphatic heterocycles. The van der Waals surface area contributed by atoms with Crippen LogP contribution in [0.4, 0.5) is 10.1 Å². The van der Waals surface area contributed by atoms with E-state index >= 15 is 0 Å². The standard InChI is InChI=1S/C27H29FN2O4S/c1-3-34-25-13-15-26(16-14-25)35(32,33)30(24-11-9-23(28)10-12-24)18-27(31)29-19(2)21-8-7-20-5-4-6-22(20)17-21/h7-17,19H,3-6,18H2,1-2H3,(H,29,31)/t19-/m1/s1. The molecule has 0 fully saturated rings. The highest BCUT2D eigenvalue weighted by atomic mass is 32.2. The second-order valence-electron chi connectivity index (χ2n) is 8.56. The molecule has 35 heavy (non-hydrogen) atoms. The summed E-state index contributed by atoms with van der Waals surface area (Å²) in [7, 11) is -4.11. The second kappa shape index (κ2) is 10.5. The van der Waals surface area contributed by atoms with Gasteiger partial charge in [-0.3, -0.25) is 9.10 Å². The summed E-state index contributed by atoms with van der Waals surface area (Å²) in [5.41, 5.74) is 3.81. The molecule has 0 saturated carbocycles. The summed E-state index contributed by atoms with van der Waals surface area (Å²) < 4.78 is 47.0. The van der Waals surface area contributed by atoms with E-state index < -0.39 is 28.3 Å². The number of rotatable bonds is 9. The number of sulfonamides is 1. The van der Waals surface area contributed by atoms with E-state index in [4.69, 9.17) is 4.74 Å². The summed E-state index contributed by atoms with van der Waals surface area (Å²) in [5.74, 6) is -0.417. The number of benzene rings is 3. The third-order valence-electron chi connectivity index (χ3n) is 6.12. The Labute approximate surface area is 205 Å². The van der Waals surface area contributed by atoms with Crippen molar-refractivity contribution in [1.29, 1.82) is 0 Å². The zero-order chi connectivity index (χ0) is 25.0. The quantitative estimate of drug-likeness (QED) is 0.462. The molecule has 3 aromatic carbocycles. The Kier molecular flexibility index (Phi) is 7.40. The van der Waals surface area contributed by atoms with Gasteiger partial charge in [-0.25, -0.2) is 12.8 Å². The van der Waals surface area contributed by atoms with Gasteiger partial charge in [-0.05, 0) is 98.3 Å². The van der Waals surface area contributed by atoms with Gasteiger partial charge in [0.25, 0.3) is 10.0 Å². The van der Waals surface area contributed by atoms with Crippen LogP contribution in [0.2, 0.25) is 0 Å². The van der Waals surface area contributed by atoms with Crippen molar-refractivity contribution in [2.45, 2.75) is 44.0 Å². The first-order valence-electron chi connectivity index (χ1n) is 11.7. The summed E-state index contributed by atoms with van der Waals surface area (Å²) in [5, 5.41) is 2.91. The Morgan fingerprint density at radius 2 is 1.71 bits per heavy atom. The maximum absolute atomic E-state index is 13.5. The average molecular weight is 497 g/mol. The minimum atomic E-state index is -4.11. The number of hydrogen-bond donors (Lipinski definition) is 1. The molecule has 4 rings (SSSR count). The molecule has 0 saturated heterocycles. The molecule has 0 aromatic heterocycles. The smallest absolute Gasteiger partial charge is 0.264 e. The first-order chi connectivity index (χ1) is 16.8. The molecule has 184 valence electrons. The van der Waals surface area contributed by atoms with Gasteiger partial charge in [0.15, 0.2) is 0 Å². The van der Waals surface area contributed by atoms with Crippen LogP contribution in [0.5, 0.6) is 5.75 Å². The molecule has 6 nitrogen and oxygen atoms in total. The first-order valence-corrected chi connectivity index (χ1v) is 13.1. The highest BCUT2D eigenvalue weighted by Gasteiger charge is 2.28. The van der Waals surface area contributed by atoms with E-state index in [1.807, 2.05) is 19.9 Å². The van der Waals surface area contributed by atoms with Crippen LogP contribution in [-0.4, -0.2) is 27.5 Å². The topological polar surface area (TPSA) is 75.7 Å². The van der Waals surface area contributed by atoms with Gasteiger partial charge in [0.2, 0.25) is 5.91 Å². The van der Waals surface area contributed by atoms with Crippen molar-refractivity contribution < 1.29 is 22.3 Å². The van der Waals surface area contributed by atoms with Crippen molar-refractivity contribution in [3.05, 3.63) is 89.2 Å². The molecular formula is C27H29FN2O4S. The lowest BCUT2D eigenvalue weighted by molar-refractivity contribution is -0.120. The third-order valence-corrected chi connectivity index (χ3v) is 7.91. The molecule has 0 bridgehead atoms. The van der Waals surface area contributed by atoms with E-state index in [0.717, 1.165) is 29.1 Å². The number of carbonyl (C=O) groups is 1. The second-order valence-corrected chi connectivity index (χ2v) is 10.4. The Morgan fingerprint density at radius 3 is 2.40 bits per heavy atom. The third kappa shape index (κ3) is 5.65. The van der Waals surface area contributed by atoms with Crippen LogP contribution in [0.15, 0.2) is 71.6 Å². The predicted octanol–water partition coefficient (Wildman–Crippen LogP) is 4.79. The van der Waals surface area contributed by atoms with Crippen LogP contribution in [0.25, 0.3) is 0 Å². The van der Waals surface area contributed by atoms with Crippen molar-refractivity contribution in [3.63, 3.8) is 0 Å². The number of halogens is 1. The molecule has 0 heterocycles. The fraction of sp³-hybridized carbons (Fsp3) is 0.296. The lowest BCUT2D eigenvalue weighted by Gasteiger charge is -2.25. The van der Waals surface area contributed by atoms with Crippen molar-refractivity contribution in [1.82, 2.24) is 5.32 Å². The van der Waals surface area contributed by atoms with Crippen molar-refractivity contribution in [2.75, 3.05) is 17.5 Å². The van der Waals surface area contributed by atoms with Gasteiger partial charge in [0.05, 0.1) is 23.2 Å². The molecular weight excluding hydrogens is 467 g/mol. The molecule has 8 heteroatoms. The minimum Gasteiger partial charge on any atom is -0.494 e. The van der Waals surface area contributed by atoms with Gasteiger partial charge in [0.1, 0.15) is 18.1 Å². The van der Waals surface area contributed by atoms with E-state index in [0.29, 0.717) is 12.4 Å². The van der Waals surface area contributed by atoms with Crippen LogP contribution < -0.4 is 14.4 Å². The molecule has 1 N–H and O–H groups in total. The van der Waals surface area contributed by atoms with E-state index in [1.165, 1.54) is 47.5 Å². The minimum absolute atomic E-state index is 0.00440. The van der Waals surface area contributed by atoms with Gasteiger partial charge in [-0.15, -0.1) is 0 Å². The molecule has 3 aromatic rings. The van der Waals surface area contributed by atoms with Crippen LogP contribution in [0.1, 0.15) is 43.0 Å². The van der Waals surface area contributed by atoms with E-state index in [-0.39, 0.29) is 16.6 Å². The maximum atomic E-state index is 13.5. The van der Waals surface area contributed by atoms with Crippen LogP contribution in [0.3, 0.4) is 0 Å². The van der Waals surface area contributed by atoms with Gasteiger partial charge in [-0.2, -0.15) is 0 Å². The molecule has 1 amide bonds. The summed E-state index contributed by atoms with van der Waals surface area (Å²) in [4.78, 5) is 13.0. The predicted molar refractivity (Wildman–Crippen MR) is 134 cm³/mol. The number of aryl methyl sites for hydroxylation is 2. The SMILES string of the molecule is CCOc1ccc(S(=O)(=O)N(CC(=O)N[C@H](C)c2ccc3c(c2)CCC3)c2ccc(F)cc2)cc1. The number of ether oxygens (including phenoxy) is 1. The van der Waals surface area contributed by atoms with E-state index in [2.05, 4.69) is 17.4 Å². The fourth-order valence-electron chi connectivity index (χ4n) is 4.29. The largest absolute Gasteiger partial charge is 0.494 e. The van der Waals surface area contributed by atoms with Gasteiger partial charge in [0, 0.05) is 0 Å². The summed E-state index contributed by atoms with van der Waals surface area (Å²) in [6.45, 7) is 3.72. The van der Waals surface area contributed by atoms with E-state index in [1.54, 1.807) is 12.1 Å². The summed E-state index contributed by atoms with van der Waals surface area (Å²) >= 11 is 0. The average Bonchev–Trinajstić information content (AvgIpc) is 3.32. The lowest BCUT2D eigenvalue weighted by Crippen LogP contribution is -2.41. The Hall–Kier alpha value is -3.39. The van der Waals surface area contributed by atoms with E-state index in [9.17, 15) is 17.6 Å². The zero-order valence-corrected chi connectivity index (χ0v) is 20.6. The molecule has 1 atom stereocenters. The number of nitrogens with zero attached hydrogens (tertiary/aromatic N) is 1. The maximum Gasteiger partial charge on any atom is 0.264 e. The Balaban J connectivity index is 1.56. The molecule has 0 radical (unpaired) electrons. The normalized spacial score (nSPS) is 13.7.